The van der Waals surface area contributed by atoms with Crippen molar-refractivity contribution in [1.82, 2.24) is 14.7 Å². The average Bonchev–Trinajstić information content (AvgIpc) is 3.18. The van der Waals surface area contributed by atoms with Crippen LogP contribution < -0.4 is 0 Å². The topological polar surface area (TPSA) is 38.1 Å². The largest absolute Gasteiger partial charge is 0.339 e. The van der Waals surface area contributed by atoms with E-state index in [0.29, 0.717) is 11.7 Å². The van der Waals surface area contributed by atoms with Crippen molar-refractivity contribution in [3.63, 3.8) is 0 Å². The molecule has 2 heterocycles. The first-order valence-corrected chi connectivity index (χ1v) is 8.68. The highest BCUT2D eigenvalue weighted by Gasteiger charge is 2.16. The number of aromatic nitrogens is 2. The number of rotatable bonds is 4. The molecule has 0 spiro atoms. The Bertz CT molecular complexity index is 756. The lowest BCUT2D eigenvalue weighted by Crippen LogP contribution is -2.25. The van der Waals surface area contributed by atoms with Crippen molar-refractivity contribution >= 4 is 23.6 Å². The number of carbonyl (C=O) groups excluding carboxylic acids is 1. The van der Waals surface area contributed by atoms with Gasteiger partial charge in [-0.1, -0.05) is 41.4 Å². The molecule has 5 heteroatoms. The molecule has 0 bridgehead atoms. The summed E-state index contributed by atoms with van der Waals surface area (Å²) < 4.78 is 1.78. The van der Waals surface area contributed by atoms with Crippen molar-refractivity contribution in [2.45, 2.75) is 33.2 Å². The normalized spacial score (nSPS) is 14.7. The monoisotopic (exact) mass is 343 g/mol. The second-order valence-corrected chi connectivity index (χ2v) is 6.66. The van der Waals surface area contributed by atoms with Gasteiger partial charge in [-0.15, -0.1) is 0 Å². The number of hydrogen-bond donors (Lipinski definition) is 0. The summed E-state index contributed by atoms with van der Waals surface area (Å²) in [5.74, 6) is 0.0502. The molecular weight excluding hydrogens is 322 g/mol. The lowest BCUT2D eigenvalue weighted by atomic mass is 10.1. The molecule has 0 saturated carbocycles. The van der Waals surface area contributed by atoms with Crippen LogP contribution in [-0.4, -0.2) is 33.7 Å². The molecule has 4 nitrogen and oxygen atoms in total. The second kappa shape index (κ2) is 7.22. The van der Waals surface area contributed by atoms with Crippen LogP contribution in [0.1, 0.15) is 35.2 Å². The quantitative estimate of drug-likeness (QED) is 0.791. The van der Waals surface area contributed by atoms with E-state index in [1.54, 1.807) is 16.8 Å². The smallest absolute Gasteiger partial charge is 0.246 e. The van der Waals surface area contributed by atoms with Crippen molar-refractivity contribution in [3.8, 4) is 0 Å². The Morgan fingerprint density at radius 1 is 1.21 bits per heavy atom. The zero-order valence-electron chi connectivity index (χ0n) is 14.1. The van der Waals surface area contributed by atoms with Gasteiger partial charge in [0.25, 0.3) is 0 Å². The van der Waals surface area contributed by atoms with Gasteiger partial charge in [0, 0.05) is 24.7 Å². The van der Waals surface area contributed by atoms with Gasteiger partial charge in [-0.3, -0.25) is 4.79 Å². The summed E-state index contributed by atoms with van der Waals surface area (Å²) in [7, 11) is 0. The molecule has 24 heavy (non-hydrogen) atoms. The Kier molecular flexibility index (Phi) is 5.05. The van der Waals surface area contributed by atoms with Crippen LogP contribution in [0.25, 0.3) is 6.08 Å². The minimum absolute atomic E-state index is 0.0502. The molecule has 0 N–H and O–H groups in total. The third-order valence-corrected chi connectivity index (χ3v) is 4.77. The molecule has 1 amide bonds. The third-order valence-electron chi connectivity index (χ3n) is 4.37. The van der Waals surface area contributed by atoms with E-state index >= 15 is 0 Å². The van der Waals surface area contributed by atoms with Crippen molar-refractivity contribution in [1.29, 1.82) is 0 Å². The molecule has 0 atom stereocenters. The number of benzene rings is 1. The van der Waals surface area contributed by atoms with Crippen molar-refractivity contribution in [3.05, 3.63) is 57.9 Å². The molecule has 0 radical (unpaired) electrons. The fourth-order valence-electron chi connectivity index (χ4n) is 2.93. The van der Waals surface area contributed by atoms with Gasteiger partial charge in [0.15, 0.2) is 0 Å². The standard InChI is InChI=1S/C19H22ClN3O/c1-14-5-7-16(8-6-14)13-23-19(20)17(15(2)21-23)9-10-18(24)22-11-3-4-12-22/h5-10H,3-4,11-13H2,1-2H3/b10-9+. The van der Waals surface area contributed by atoms with Crippen LogP contribution in [0.5, 0.6) is 0 Å². The van der Waals surface area contributed by atoms with Crippen LogP contribution in [0.15, 0.2) is 30.3 Å². The molecule has 2 aromatic rings. The van der Waals surface area contributed by atoms with E-state index in [9.17, 15) is 4.79 Å². The highest BCUT2D eigenvalue weighted by Crippen LogP contribution is 2.22. The van der Waals surface area contributed by atoms with E-state index in [2.05, 4.69) is 36.3 Å². The van der Waals surface area contributed by atoms with E-state index in [-0.39, 0.29) is 5.91 Å². The Hall–Kier alpha value is -2.07. The molecule has 3 rings (SSSR count). The van der Waals surface area contributed by atoms with Gasteiger partial charge in [-0.2, -0.15) is 5.10 Å². The molecule has 1 aromatic heterocycles. The zero-order chi connectivity index (χ0) is 17.1. The summed E-state index contributed by atoms with van der Waals surface area (Å²) in [5, 5.41) is 5.08. The molecule has 126 valence electrons. The molecule has 0 unspecified atom stereocenters. The van der Waals surface area contributed by atoms with Crippen LogP contribution in [-0.2, 0) is 11.3 Å². The first-order chi connectivity index (χ1) is 11.5. The average molecular weight is 344 g/mol. The SMILES string of the molecule is Cc1ccc(Cn2nc(C)c(/C=C/C(=O)N3CCCC3)c2Cl)cc1. The number of carbonyl (C=O) groups is 1. The number of hydrogen-bond acceptors (Lipinski definition) is 2. The van der Waals surface area contributed by atoms with Gasteiger partial charge in [0.05, 0.1) is 12.2 Å². The molecule has 0 aliphatic carbocycles. The summed E-state index contributed by atoms with van der Waals surface area (Å²) in [6, 6.07) is 8.31. The molecule has 1 fully saturated rings. The van der Waals surface area contributed by atoms with Crippen molar-refractivity contribution < 1.29 is 4.79 Å². The Morgan fingerprint density at radius 2 is 1.88 bits per heavy atom. The van der Waals surface area contributed by atoms with Gasteiger partial charge in [0.1, 0.15) is 5.15 Å². The summed E-state index contributed by atoms with van der Waals surface area (Å²) >= 11 is 6.48. The molecule has 1 aliphatic rings. The van der Waals surface area contributed by atoms with E-state index in [1.807, 2.05) is 11.8 Å². The molecule has 1 saturated heterocycles. The van der Waals surface area contributed by atoms with Gasteiger partial charge in [0.2, 0.25) is 5.91 Å². The molecule has 1 aliphatic heterocycles. The van der Waals surface area contributed by atoms with Gasteiger partial charge >= 0.3 is 0 Å². The maximum absolute atomic E-state index is 12.1. The van der Waals surface area contributed by atoms with Crippen LogP contribution >= 0.6 is 11.6 Å². The van der Waals surface area contributed by atoms with E-state index < -0.39 is 0 Å². The van der Waals surface area contributed by atoms with Crippen LogP contribution in [0.3, 0.4) is 0 Å². The first-order valence-electron chi connectivity index (χ1n) is 8.30. The second-order valence-electron chi connectivity index (χ2n) is 6.30. The molecule has 1 aromatic carbocycles. The Labute approximate surface area is 147 Å². The highest BCUT2D eigenvalue weighted by atomic mass is 35.5. The number of nitrogens with zero attached hydrogens (tertiary/aromatic N) is 3. The van der Waals surface area contributed by atoms with Gasteiger partial charge in [-0.25, -0.2) is 4.68 Å². The lowest BCUT2D eigenvalue weighted by molar-refractivity contribution is -0.124. The number of halogens is 1. The van der Waals surface area contributed by atoms with Crippen LogP contribution in [0.4, 0.5) is 0 Å². The fraction of sp³-hybridized carbons (Fsp3) is 0.368. The number of likely N-dealkylation sites (tertiary alicyclic amines) is 1. The predicted octanol–water partition coefficient (Wildman–Crippen LogP) is 3.84. The van der Waals surface area contributed by atoms with E-state index in [1.165, 1.54) is 5.56 Å². The van der Waals surface area contributed by atoms with Crippen LogP contribution in [0.2, 0.25) is 5.15 Å². The lowest BCUT2D eigenvalue weighted by Gasteiger charge is -2.11. The number of amides is 1. The number of aryl methyl sites for hydroxylation is 2. The third kappa shape index (κ3) is 3.70. The Morgan fingerprint density at radius 3 is 2.54 bits per heavy atom. The summed E-state index contributed by atoms with van der Waals surface area (Å²) in [6.45, 7) is 6.30. The van der Waals surface area contributed by atoms with Crippen molar-refractivity contribution in [2.75, 3.05) is 13.1 Å². The molecular formula is C19H22ClN3O. The van der Waals surface area contributed by atoms with E-state index in [4.69, 9.17) is 11.6 Å². The fourth-order valence-corrected chi connectivity index (χ4v) is 3.22. The zero-order valence-corrected chi connectivity index (χ0v) is 14.9. The van der Waals surface area contributed by atoms with Gasteiger partial charge in [-0.05, 0) is 38.3 Å². The maximum Gasteiger partial charge on any atom is 0.246 e. The first kappa shape index (κ1) is 16.8. The summed E-state index contributed by atoms with van der Waals surface area (Å²) in [6.07, 6.45) is 5.58. The van der Waals surface area contributed by atoms with Crippen LogP contribution in [0, 0.1) is 13.8 Å². The predicted molar refractivity (Wildman–Crippen MR) is 97.1 cm³/mol. The Balaban J connectivity index is 1.76. The maximum atomic E-state index is 12.1. The van der Waals surface area contributed by atoms with Gasteiger partial charge < -0.3 is 4.90 Å². The summed E-state index contributed by atoms with van der Waals surface area (Å²) in [4.78, 5) is 14.0. The van der Waals surface area contributed by atoms with E-state index in [0.717, 1.165) is 42.8 Å². The summed E-state index contributed by atoms with van der Waals surface area (Å²) in [5.41, 5.74) is 4.02. The minimum Gasteiger partial charge on any atom is -0.339 e. The van der Waals surface area contributed by atoms with Crippen molar-refractivity contribution in [2.24, 2.45) is 0 Å². The highest BCUT2D eigenvalue weighted by molar-refractivity contribution is 6.31. The minimum atomic E-state index is 0.0502.